The molecule has 9 nitrogen and oxygen atoms in total. The number of aryl methyl sites for hydroxylation is 1. The number of aromatic nitrogens is 4. The molecular formula is C24H27BrN6O3. The van der Waals surface area contributed by atoms with Crippen molar-refractivity contribution in [1.82, 2.24) is 20.2 Å². The van der Waals surface area contributed by atoms with Crippen molar-refractivity contribution in [3.05, 3.63) is 63.3 Å². The fourth-order valence-electron chi connectivity index (χ4n) is 3.89. The molecule has 0 saturated heterocycles. The highest BCUT2D eigenvalue weighted by atomic mass is 79.9. The number of anilines is 2. The summed E-state index contributed by atoms with van der Waals surface area (Å²) in [5, 5.41) is 18.2. The second kappa shape index (κ2) is 9.84. The Kier molecular flexibility index (Phi) is 6.87. The summed E-state index contributed by atoms with van der Waals surface area (Å²) in [7, 11) is 0. The highest BCUT2D eigenvalue weighted by molar-refractivity contribution is 9.10. The van der Waals surface area contributed by atoms with Crippen LogP contribution in [0.3, 0.4) is 0 Å². The Morgan fingerprint density at radius 3 is 2.76 bits per heavy atom. The highest BCUT2D eigenvalue weighted by Gasteiger charge is 2.35. The van der Waals surface area contributed by atoms with Gasteiger partial charge in [-0.05, 0) is 96.4 Å². The van der Waals surface area contributed by atoms with Crippen LogP contribution in [0.15, 0.2) is 52.1 Å². The third kappa shape index (κ3) is 4.77. The molecule has 0 radical (unpaired) electrons. The molecule has 2 heterocycles. The van der Waals surface area contributed by atoms with E-state index in [1.165, 1.54) is 0 Å². The van der Waals surface area contributed by atoms with Crippen molar-refractivity contribution < 1.29 is 14.3 Å². The zero-order valence-electron chi connectivity index (χ0n) is 19.7. The molecule has 0 spiro atoms. The van der Waals surface area contributed by atoms with Crippen LogP contribution in [-0.2, 0) is 4.79 Å². The maximum atomic E-state index is 13.6. The average Bonchev–Trinajstić information content (AvgIpc) is 3.22. The normalized spacial score (nSPS) is 15.1. The lowest BCUT2D eigenvalue weighted by Crippen LogP contribution is -2.31. The fraction of sp³-hybridized carbons (Fsp3) is 0.333. The fourth-order valence-corrected chi connectivity index (χ4v) is 4.45. The van der Waals surface area contributed by atoms with E-state index in [0.717, 1.165) is 11.1 Å². The molecule has 0 saturated carbocycles. The summed E-state index contributed by atoms with van der Waals surface area (Å²) in [5.41, 5.74) is 3.69. The number of nitrogens with one attached hydrogen (secondary N) is 2. The summed E-state index contributed by atoms with van der Waals surface area (Å²) in [4.78, 5) is 13.6. The van der Waals surface area contributed by atoms with E-state index in [4.69, 9.17) is 9.47 Å². The van der Waals surface area contributed by atoms with Gasteiger partial charge in [0.05, 0.1) is 22.8 Å². The minimum absolute atomic E-state index is 0.0378. The van der Waals surface area contributed by atoms with Gasteiger partial charge in [-0.1, -0.05) is 17.2 Å². The Morgan fingerprint density at radius 2 is 2.06 bits per heavy atom. The quantitative estimate of drug-likeness (QED) is 0.453. The number of amides is 1. The summed E-state index contributed by atoms with van der Waals surface area (Å²) < 4.78 is 14.2. The molecule has 0 fully saturated rings. The van der Waals surface area contributed by atoms with E-state index in [-0.39, 0.29) is 12.0 Å². The number of nitrogens with zero attached hydrogens (tertiary/aromatic N) is 4. The third-order valence-electron chi connectivity index (χ3n) is 5.24. The van der Waals surface area contributed by atoms with Gasteiger partial charge in [-0.2, -0.15) is 4.68 Å². The van der Waals surface area contributed by atoms with Crippen LogP contribution in [0.4, 0.5) is 11.6 Å². The molecule has 1 amide bonds. The maximum Gasteiger partial charge on any atom is 0.255 e. The average molecular weight is 527 g/mol. The zero-order valence-corrected chi connectivity index (χ0v) is 21.3. The number of carbonyl (C=O) groups excluding carboxylic acids is 1. The topological polar surface area (TPSA) is 103 Å². The Morgan fingerprint density at radius 1 is 1.26 bits per heavy atom. The van der Waals surface area contributed by atoms with Gasteiger partial charge in [-0.15, -0.1) is 0 Å². The zero-order chi connectivity index (χ0) is 24.4. The standard InChI is InChI=1S/C24H27BrN6O3/c1-6-33-19-12-16(11-18(25)22(19)34-13(2)3)21-20(15(5)26-24-28-29-30-31(21)24)23(32)27-17-9-7-8-14(4)10-17/h7-13,21H,6H2,1-5H3,(H,27,32)(H,26,28,30). The molecule has 1 aromatic heterocycles. The van der Waals surface area contributed by atoms with Crippen LogP contribution in [0.25, 0.3) is 0 Å². The Hall–Kier alpha value is -3.40. The lowest BCUT2D eigenvalue weighted by atomic mass is 9.94. The van der Waals surface area contributed by atoms with E-state index < -0.39 is 6.04 Å². The summed E-state index contributed by atoms with van der Waals surface area (Å²) in [6.07, 6.45) is -0.0378. The first-order valence-electron chi connectivity index (χ1n) is 11.0. The minimum Gasteiger partial charge on any atom is -0.490 e. The first-order valence-corrected chi connectivity index (χ1v) is 11.8. The monoisotopic (exact) mass is 526 g/mol. The Bertz CT molecular complexity index is 1250. The molecule has 4 rings (SSSR count). The van der Waals surface area contributed by atoms with E-state index in [1.807, 2.05) is 71.0 Å². The molecule has 1 unspecified atom stereocenters. The van der Waals surface area contributed by atoms with Gasteiger partial charge in [0.2, 0.25) is 5.95 Å². The van der Waals surface area contributed by atoms with Crippen LogP contribution in [0.1, 0.15) is 44.9 Å². The number of hydrogen-bond donors (Lipinski definition) is 2. The van der Waals surface area contributed by atoms with E-state index in [2.05, 4.69) is 42.1 Å². The predicted molar refractivity (Wildman–Crippen MR) is 133 cm³/mol. The molecule has 2 aromatic carbocycles. The lowest BCUT2D eigenvalue weighted by Gasteiger charge is -2.29. The van der Waals surface area contributed by atoms with Crippen molar-refractivity contribution in [2.75, 3.05) is 17.2 Å². The van der Waals surface area contributed by atoms with Gasteiger partial charge in [-0.25, -0.2) is 0 Å². The number of tetrazole rings is 1. The number of rotatable bonds is 7. The van der Waals surface area contributed by atoms with Gasteiger partial charge >= 0.3 is 0 Å². The van der Waals surface area contributed by atoms with Gasteiger partial charge < -0.3 is 20.1 Å². The smallest absolute Gasteiger partial charge is 0.255 e. The number of allylic oxidation sites excluding steroid dienone is 1. The highest BCUT2D eigenvalue weighted by Crippen LogP contribution is 2.43. The molecule has 10 heteroatoms. The molecule has 1 aliphatic rings. The van der Waals surface area contributed by atoms with Gasteiger partial charge in [0.25, 0.3) is 5.91 Å². The lowest BCUT2D eigenvalue weighted by molar-refractivity contribution is -0.113. The third-order valence-corrected chi connectivity index (χ3v) is 5.82. The maximum absolute atomic E-state index is 13.6. The van der Waals surface area contributed by atoms with Crippen molar-refractivity contribution in [2.45, 2.75) is 46.8 Å². The van der Waals surface area contributed by atoms with Crippen LogP contribution in [-0.4, -0.2) is 38.8 Å². The molecule has 2 N–H and O–H groups in total. The van der Waals surface area contributed by atoms with Crippen molar-refractivity contribution in [1.29, 1.82) is 0 Å². The second-order valence-electron chi connectivity index (χ2n) is 8.27. The van der Waals surface area contributed by atoms with E-state index in [1.54, 1.807) is 4.68 Å². The van der Waals surface area contributed by atoms with Crippen LogP contribution >= 0.6 is 15.9 Å². The molecule has 1 atom stereocenters. The van der Waals surface area contributed by atoms with Crippen molar-refractivity contribution in [3.63, 3.8) is 0 Å². The molecule has 178 valence electrons. The Labute approximate surface area is 206 Å². The van der Waals surface area contributed by atoms with Gasteiger partial charge in [0.15, 0.2) is 11.5 Å². The molecular weight excluding hydrogens is 500 g/mol. The van der Waals surface area contributed by atoms with Crippen molar-refractivity contribution in [2.24, 2.45) is 0 Å². The minimum atomic E-state index is -0.584. The van der Waals surface area contributed by atoms with Crippen LogP contribution in [0.5, 0.6) is 11.5 Å². The second-order valence-corrected chi connectivity index (χ2v) is 9.12. The SMILES string of the molecule is CCOc1cc(C2C(C(=O)Nc3cccc(C)c3)=C(C)Nc3nnnn32)cc(Br)c1OC(C)C. The van der Waals surface area contributed by atoms with Gasteiger partial charge in [0.1, 0.15) is 6.04 Å². The number of benzene rings is 2. The number of halogens is 1. The molecule has 3 aromatic rings. The number of fused-ring (bicyclic) bond motifs is 1. The van der Waals surface area contributed by atoms with Gasteiger partial charge in [0, 0.05) is 11.4 Å². The molecule has 0 aliphatic carbocycles. The summed E-state index contributed by atoms with van der Waals surface area (Å²) in [6.45, 7) is 10.1. The number of ether oxygens (including phenoxy) is 2. The van der Waals surface area contributed by atoms with Crippen LogP contribution < -0.4 is 20.1 Å². The number of carbonyl (C=O) groups is 1. The first-order chi connectivity index (χ1) is 16.3. The molecule has 34 heavy (non-hydrogen) atoms. The number of hydrogen-bond acceptors (Lipinski definition) is 7. The van der Waals surface area contributed by atoms with Gasteiger partial charge in [-0.3, -0.25) is 4.79 Å². The van der Waals surface area contributed by atoms with Crippen molar-refractivity contribution in [3.8, 4) is 11.5 Å². The van der Waals surface area contributed by atoms with E-state index >= 15 is 0 Å². The van der Waals surface area contributed by atoms with Crippen LogP contribution in [0, 0.1) is 6.92 Å². The summed E-state index contributed by atoms with van der Waals surface area (Å²) in [5.74, 6) is 1.38. The summed E-state index contributed by atoms with van der Waals surface area (Å²) in [6, 6.07) is 10.9. The first kappa shape index (κ1) is 23.7. The molecule has 0 bridgehead atoms. The van der Waals surface area contributed by atoms with E-state index in [9.17, 15) is 4.79 Å². The van der Waals surface area contributed by atoms with Crippen molar-refractivity contribution >= 4 is 33.5 Å². The Balaban J connectivity index is 1.81. The predicted octanol–water partition coefficient (Wildman–Crippen LogP) is 4.86. The van der Waals surface area contributed by atoms with Crippen LogP contribution in [0.2, 0.25) is 0 Å². The van der Waals surface area contributed by atoms with E-state index in [0.29, 0.717) is 45.5 Å². The summed E-state index contributed by atoms with van der Waals surface area (Å²) >= 11 is 3.63. The molecule has 1 aliphatic heterocycles. The largest absolute Gasteiger partial charge is 0.490 e.